The van der Waals surface area contributed by atoms with Crippen LogP contribution in [0.4, 0.5) is 0 Å². The van der Waals surface area contributed by atoms with E-state index in [0.717, 1.165) is 12.8 Å². The summed E-state index contributed by atoms with van der Waals surface area (Å²) in [7, 11) is 8.19. The number of nitrogens with zero attached hydrogens (tertiary/aromatic N) is 2. The van der Waals surface area contributed by atoms with Gasteiger partial charge in [0.15, 0.2) is 35.3 Å². The number of hydrogen-bond donors (Lipinski definition) is 2. The molecule has 8 unspecified atom stereocenters. The lowest BCUT2D eigenvalue weighted by atomic mass is 9.78. The summed E-state index contributed by atoms with van der Waals surface area (Å²) in [4.78, 5) is 96.8. The van der Waals surface area contributed by atoms with E-state index in [1.807, 2.05) is 90.3 Å². The zero-order valence-corrected chi connectivity index (χ0v) is 58.9. The van der Waals surface area contributed by atoms with Gasteiger partial charge in [-0.25, -0.2) is 0 Å². The summed E-state index contributed by atoms with van der Waals surface area (Å²) in [6.45, 7) is 39.7. The number of aldehydes is 1. The van der Waals surface area contributed by atoms with Crippen LogP contribution in [0, 0.1) is 59.2 Å². The highest BCUT2D eigenvalue weighted by Gasteiger charge is 2.58. The highest BCUT2D eigenvalue weighted by atomic mass is 16.7. The third-order valence-electron chi connectivity index (χ3n) is 21.2. The van der Waals surface area contributed by atoms with Crippen LogP contribution in [0.5, 0.6) is 0 Å². The molecule has 0 aliphatic carbocycles. The first-order chi connectivity index (χ1) is 42.0. The number of hydrogen-bond acceptors (Lipinski definition) is 21. The molecule has 2 N–H and O–H groups in total. The monoisotopic (exact) mass is 1270 g/mol. The van der Waals surface area contributed by atoms with Crippen LogP contribution in [0.1, 0.15) is 176 Å². The minimum absolute atomic E-state index is 0.0160. The van der Waals surface area contributed by atoms with Gasteiger partial charge in [-0.2, -0.15) is 0 Å². The standard InChI is InChI=1S/C35H60N2O8.C34H58N2O9/c1-13-15-41-34(9)18-20(3)19-36-25(8)26-17-29(38)45-35(26,10)28(14-2)43-32(40)24(7)30(39)23(6)31(34)44-33-22(5)27(37(11)12)16-21(4)42-33;1-12-27-34(9)25(16-28(38)45-34)24(7)35-18-19(2)17-33(8,41-14-13-37)30(22(5)29(39)23(6)31(40)43-27)44-32-21(4)26(36(10)11)15-20(3)42-32/h13,20-28,31,33,36H,1,14-19H2,2-12H3;13,19-27,30,32,35H,12,14-18H2,1-11H3/t20-,21?,22?,23+,24-,25-,26-,27?,28-,31-,33?,34-,35+;19-,20?,21?,22+,23-,24-,25-,26?,27-,30-,32?,33-,34+/m11/s1. The Morgan fingerprint density at radius 2 is 0.922 bits per heavy atom. The Hall–Kier alpha value is -3.77. The molecule has 516 valence electrons. The summed E-state index contributed by atoms with van der Waals surface area (Å²) in [6, 6.07) is 0.170. The molecule has 0 saturated carbocycles. The van der Waals surface area contributed by atoms with Crippen LogP contribution in [-0.2, 0) is 80.9 Å². The first kappa shape index (κ1) is 76.9. The molecule has 21 heteroatoms. The minimum atomic E-state index is -1.12. The number of rotatable bonds is 14. The Bertz CT molecular complexity index is 2270. The van der Waals surface area contributed by atoms with Gasteiger partial charge in [0.25, 0.3) is 0 Å². The van der Waals surface area contributed by atoms with E-state index in [2.05, 4.69) is 68.8 Å². The normalized spacial score (nSPS) is 44.0. The van der Waals surface area contributed by atoms with Gasteiger partial charge in [0.05, 0.1) is 55.1 Å². The van der Waals surface area contributed by atoms with Gasteiger partial charge in [-0.05, 0) is 161 Å². The van der Waals surface area contributed by atoms with Crippen LogP contribution in [-0.4, -0.2) is 202 Å². The van der Waals surface area contributed by atoms with Crippen LogP contribution in [0.25, 0.3) is 0 Å². The summed E-state index contributed by atoms with van der Waals surface area (Å²) in [6.07, 6.45) is 2.04. The lowest BCUT2D eigenvalue weighted by Gasteiger charge is -2.47. The molecule has 90 heavy (non-hydrogen) atoms. The number of fused-ring (bicyclic) bond motifs is 2. The molecule has 6 rings (SSSR count). The topological polar surface area (TPSA) is 242 Å². The molecule has 0 spiro atoms. The Kier molecular flexibility index (Phi) is 27.9. The summed E-state index contributed by atoms with van der Waals surface area (Å²) in [5.74, 6) is -6.72. The zero-order chi connectivity index (χ0) is 67.7. The molecule has 6 aliphatic rings. The van der Waals surface area contributed by atoms with E-state index in [-0.39, 0.29) is 121 Å². The molecule has 0 amide bonds. The van der Waals surface area contributed by atoms with Crippen LogP contribution >= 0.6 is 0 Å². The molecule has 26 atom stereocenters. The fraction of sp³-hybridized carbons (Fsp3) is 0.870. The van der Waals surface area contributed by atoms with E-state index in [9.17, 15) is 33.6 Å². The fourth-order valence-corrected chi connectivity index (χ4v) is 15.9. The quantitative estimate of drug-likeness (QED) is 0.0549. The average molecular weight is 1280 g/mol. The summed E-state index contributed by atoms with van der Waals surface area (Å²) in [5.41, 5.74) is -4.09. The summed E-state index contributed by atoms with van der Waals surface area (Å²) >= 11 is 0. The van der Waals surface area contributed by atoms with Crippen LogP contribution < -0.4 is 10.6 Å². The van der Waals surface area contributed by atoms with Crippen molar-refractivity contribution in [2.24, 2.45) is 59.2 Å². The maximum absolute atomic E-state index is 14.2. The first-order valence-corrected chi connectivity index (χ1v) is 33.6. The van der Waals surface area contributed by atoms with Crippen molar-refractivity contribution in [1.29, 1.82) is 0 Å². The SMILES string of the molecule is C=CCO[C@]1(C)C[C@@H](C)CN[C@H](C)[C@H]2CC(=O)O[C@]2(C)[C@@H](CC)OC(=O)[C@H](C)C(=O)[C@H](C)[C@H]1OC1OC(C)CC(N(C)C)C1C.CC[C@H]1OC(=O)[C@H](C)C(=O)[C@H](C)[C@@H](OC2OC(C)CC(N(C)C)C2C)[C@](C)(OCC=O)C[C@@H](C)CN[C@H](C)[C@H]2CC(=O)O[C@@]21C. The van der Waals surface area contributed by atoms with Crippen molar-refractivity contribution in [3.05, 3.63) is 12.7 Å². The Balaban J connectivity index is 0.000000327. The molecule has 0 aromatic rings. The zero-order valence-electron chi connectivity index (χ0n) is 58.9. The van der Waals surface area contributed by atoms with Crippen molar-refractivity contribution in [2.45, 2.75) is 272 Å². The Morgan fingerprint density at radius 1 is 0.567 bits per heavy atom. The third kappa shape index (κ3) is 18.0. The number of Topliss-reactive ketones (excluding diaryl/α,β-unsaturated/α-hetero) is 2. The molecule has 6 saturated heterocycles. The van der Waals surface area contributed by atoms with Gasteiger partial charge in [0.2, 0.25) is 0 Å². The number of cyclic esters (lactones) is 2. The van der Waals surface area contributed by atoms with E-state index in [4.69, 9.17) is 47.4 Å². The van der Waals surface area contributed by atoms with Gasteiger partial charge in [0.1, 0.15) is 36.9 Å². The molecular formula is C69H118N4O17. The molecular weight excluding hydrogens is 1160 g/mol. The maximum Gasteiger partial charge on any atom is 0.316 e. The Morgan fingerprint density at radius 3 is 1.24 bits per heavy atom. The van der Waals surface area contributed by atoms with E-state index >= 15 is 0 Å². The third-order valence-corrected chi connectivity index (χ3v) is 21.2. The molecule has 0 bridgehead atoms. The van der Waals surface area contributed by atoms with Gasteiger partial charge in [-0.15, -0.1) is 6.58 Å². The maximum atomic E-state index is 14.2. The Labute approximate surface area is 539 Å². The number of esters is 4. The van der Waals surface area contributed by atoms with Crippen molar-refractivity contribution in [3.8, 4) is 0 Å². The minimum Gasteiger partial charge on any atom is -0.458 e. The van der Waals surface area contributed by atoms with E-state index in [0.29, 0.717) is 45.1 Å². The molecule has 0 aromatic carbocycles. The summed E-state index contributed by atoms with van der Waals surface area (Å²) < 4.78 is 63.1. The predicted molar refractivity (Wildman–Crippen MR) is 341 cm³/mol. The largest absolute Gasteiger partial charge is 0.458 e. The molecule has 6 aliphatic heterocycles. The highest BCUT2D eigenvalue weighted by Crippen LogP contribution is 2.45. The number of ketones is 2. The van der Waals surface area contributed by atoms with E-state index < -0.39 is 95.0 Å². The van der Waals surface area contributed by atoms with Gasteiger partial charge in [-0.1, -0.05) is 61.5 Å². The smallest absolute Gasteiger partial charge is 0.316 e. The van der Waals surface area contributed by atoms with Gasteiger partial charge >= 0.3 is 23.9 Å². The van der Waals surface area contributed by atoms with Gasteiger partial charge < -0.3 is 72.6 Å². The lowest BCUT2D eigenvalue weighted by Crippen LogP contribution is -2.57. The first-order valence-electron chi connectivity index (χ1n) is 33.6. The number of carbonyl (C=O) groups is 7. The lowest BCUT2D eigenvalue weighted by molar-refractivity contribution is -0.282. The second-order valence-corrected chi connectivity index (χ2v) is 29.1. The molecule has 0 aromatic heterocycles. The van der Waals surface area contributed by atoms with Crippen LogP contribution in [0.15, 0.2) is 12.7 Å². The highest BCUT2D eigenvalue weighted by molar-refractivity contribution is 6.00. The average Bonchev–Trinajstić information content (AvgIpc) is 1.91. The molecule has 21 nitrogen and oxygen atoms in total. The second kappa shape index (κ2) is 32.6. The number of ether oxygens (including phenoxy) is 10. The molecule has 0 radical (unpaired) electrons. The van der Waals surface area contributed by atoms with Crippen molar-refractivity contribution in [2.75, 3.05) is 54.5 Å². The molecule has 6 heterocycles. The van der Waals surface area contributed by atoms with Crippen LogP contribution in [0.3, 0.4) is 0 Å². The fourth-order valence-electron chi connectivity index (χ4n) is 15.9. The van der Waals surface area contributed by atoms with E-state index in [1.54, 1.807) is 26.8 Å². The number of carbonyl (C=O) groups excluding carboxylic acids is 7. The van der Waals surface area contributed by atoms with Crippen LogP contribution in [0.2, 0.25) is 0 Å². The van der Waals surface area contributed by atoms with Gasteiger partial charge in [-0.3, -0.25) is 28.8 Å². The van der Waals surface area contributed by atoms with Crippen molar-refractivity contribution < 1.29 is 80.9 Å². The summed E-state index contributed by atoms with van der Waals surface area (Å²) in [5, 5.41) is 7.23. The number of nitrogens with one attached hydrogen (secondary N) is 2. The van der Waals surface area contributed by atoms with E-state index in [1.165, 1.54) is 0 Å². The molecule has 6 fully saturated rings. The van der Waals surface area contributed by atoms with Gasteiger partial charge in [0, 0.05) is 59.7 Å². The predicted octanol–water partition coefficient (Wildman–Crippen LogP) is 8.09. The van der Waals surface area contributed by atoms with Crippen molar-refractivity contribution >= 4 is 41.7 Å². The second-order valence-electron chi connectivity index (χ2n) is 29.1. The van der Waals surface area contributed by atoms with Crippen molar-refractivity contribution in [1.82, 2.24) is 20.4 Å². The van der Waals surface area contributed by atoms with Crippen molar-refractivity contribution in [3.63, 3.8) is 0 Å².